The lowest BCUT2D eigenvalue weighted by Crippen LogP contribution is -2.34. The fourth-order valence-corrected chi connectivity index (χ4v) is 2.35. The number of carbonyl (C=O) groups is 1. The SMILES string of the molecule is O=C(NCc1ccc(-n2ccnc2)nc1)NCc1cccc(C(F)(F)F)c1. The molecule has 2 amide bonds. The van der Waals surface area contributed by atoms with Gasteiger partial charge in [-0.3, -0.25) is 4.57 Å². The Balaban J connectivity index is 1.49. The fourth-order valence-electron chi connectivity index (χ4n) is 2.35. The fraction of sp³-hybridized carbons (Fsp3) is 0.167. The molecule has 3 rings (SSSR count). The van der Waals surface area contributed by atoms with Crippen LogP contribution in [0.2, 0.25) is 0 Å². The van der Waals surface area contributed by atoms with E-state index in [9.17, 15) is 18.0 Å². The van der Waals surface area contributed by atoms with Crippen LogP contribution in [0.25, 0.3) is 5.82 Å². The van der Waals surface area contributed by atoms with Crippen LogP contribution in [0.15, 0.2) is 61.3 Å². The van der Waals surface area contributed by atoms with Crippen molar-refractivity contribution in [3.63, 3.8) is 0 Å². The van der Waals surface area contributed by atoms with E-state index in [0.29, 0.717) is 11.4 Å². The van der Waals surface area contributed by atoms with Crippen LogP contribution in [0.1, 0.15) is 16.7 Å². The molecule has 0 aliphatic carbocycles. The molecule has 0 fully saturated rings. The van der Waals surface area contributed by atoms with Crippen molar-refractivity contribution in [2.75, 3.05) is 0 Å². The van der Waals surface area contributed by atoms with Gasteiger partial charge in [-0.15, -0.1) is 0 Å². The van der Waals surface area contributed by atoms with Crippen LogP contribution in [-0.2, 0) is 19.3 Å². The van der Waals surface area contributed by atoms with E-state index in [1.807, 2.05) is 6.07 Å². The number of rotatable bonds is 5. The first kappa shape index (κ1) is 18.4. The van der Waals surface area contributed by atoms with Gasteiger partial charge in [-0.05, 0) is 29.3 Å². The quantitative estimate of drug-likeness (QED) is 0.719. The summed E-state index contributed by atoms with van der Waals surface area (Å²) in [6.45, 7) is 0.235. The van der Waals surface area contributed by atoms with E-state index in [4.69, 9.17) is 0 Å². The van der Waals surface area contributed by atoms with E-state index in [-0.39, 0.29) is 13.1 Å². The summed E-state index contributed by atoms with van der Waals surface area (Å²) in [5, 5.41) is 5.17. The Labute approximate surface area is 153 Å². The van der Waals surface area contributed by atoms with Crippen molar-refractivity contribution in [3.8, 4) is 5.82 Å². The minimum atomic E-state index is -4.41. The highest BCUT2D eigenvalue weighted by atomic mass is 19.4. The molecule has 0 spiro atoms. The lowest BCUT2D eigenvalue weighted by Gasteiger charge is -2.10. The van der Waals surface area contributed by atoms with E-state index in [2.05, 4.69) is 20.6 Å². The number of aromatic nitrogens is 3. The van der Waals surface area contributed by atoms with Gasteiger partial charge in [0.15, 0.2) is 0 Å². The van der Waals surface area contributed by atoms with Crippen molar-refractivity contribution in [3.05, 3.63) is 78.0 Å². The molecule has 0 saturated heterocycles. The second kappa shape index (κ2) is 7.90. The van der Waals surface area contributed by atoms with Crippen LogP contribution in [0.4, 0.5) is 18.0 Å². The van der Waals surface area contributed by atoms with Gasteiger partial charge in [-0.1, -0.05) is 18.2 Å². The van der Waals surface area contributed by atoms with Crippen LogP contribution in [0.5, 0.6) is 0 Å². The molecule has 0 unspecified atom stereocenters. The largest absolute Gasteiger partial charge is 0.416 e. The van der Waals surface area contributed by atoms with Gasteiger partial charge < -0.3 is 10.6 Å². The molecule has 0 bridgehead atoms. The number of amides is 2. The predicted molar refractivity (Wildman–Crippen MR) is 91.9 cm³/mol. The number of carbonyl (C=O) groups excluding carboxylic acids is 1. The number of hydrogen-bond donors (Lipinski definition) is 2. The maximum Gasteiger partial charge on any atom is 0.416 e. The van der Waals surface area contributed by atoms with Gasteiger partial charge in [-0.2, -0.15) is 13.2 Å². The summed E-state index contributed by atoms with van der Waals surface area (Å²) in [7, 11) is 0. The van der Waals surface area contributed by atoms with E-state index in [1.54, 1.807) is 35.6 Å². The van der Waals surface area contributed by atoms with Crippen molar-refractivity contribution in [2.45, 2.75) is 19.3 Å². The molecule has 0 atom stereocenters. The zero-order valence-electron chi connectivity index (χ0n) is 14.1. The highest BCUT2D eigenvalue weighted by molar-refractivity contribution is 5.73. The number of hydrogen-bond acceptors (Lipinski definition) is 3. The molecular weight excluding hydrogens is 359 g/mol. The predicted octanol–water partition coefficient (Wildman–Crippen LogP) is 3.29. The van der Waals surface area contributed by atoms with Crippen molar-refractivity contribution < 1.29 is 18.0 Å². The number of pyridine rings is 1. The smallest absolute Gasteiger partial charge is 0.334 e. The zero-order valence-corrected chi connectivity index (χ0v) is 14.1. The summed E-state index contributed by atoms with van der Waals surface area (Å²) in [6, 6.07) is 7.96. The lowest BCUT2D eigenvalue weighted by molar-refractivity contribution is -0.137. The minimum absolute atomic E-state index is 0.00638. The Morgan fingerprint density at radius 2 is 1.85 bits per heavy atom. The molecule has 0 radical (unpaired) electrons. The lowest BCUT2D eigenvalue weighted by atomic mass is 10.1. The Kier molecular flexibility index (Phi) is 5.39. The number of benzene rings is 1. The normalized spacial score (nSPS) is 11.2. The number of nitrogens with zero attached hydrogens (tertiary/aromatic N) is 3. The molecule has 1 aromatic carbocycles. The first-order chi connectivity index (χ1) is 12.9. The Morgan fingerprint density at radius 1 is 1.07 bits per heavy atom. The maximum atomic E-state index is 12.7. The summed E-state index contributed by atoms with van der Waals surface area (Å²) in [6.07, 6.45) is 2.26. The van der Waals surface area contributed by atoms with Crippen molar-refractivity contribution >= 4 is 6.03 Å². The summed E-state index contributed by atoms with van der Waals surface area (Å²) in [4.78, 5) is 20.1. The van der Waals surface area contributed by atoms with Gasteiger partial charge in [-0.25, -0.2) is 14.8 Å². The number of imidazole rings is 1. The molecule has 6 nitrogen and oxygen atoms in total. The molecule has 2 N–H and O–H groups in total. The van der Waals surface area contributed by atoms with Gasteiger partial charge >= 0.3 is 12.2 Å². The summed E-state index contributed by atoms with van der Waals surface area (Å²) < 4.78 is 39.8. The third kappa shape index (κ3) is 5.06. The molecule has 0 aliphatic heterocycles. The molecule has 3 aromatic rings. The van der Waals surface area contributed by atoms with Gasteiger partial charge in [0.25, 0.3) is 0 Å². The number of halogens is 3. The van der Waals surface area contributed by atoms with Gasteiger partial charge in [0.1, 0.15) is 12.1 Å². The van der Waals surface area contributed by atoms with Crippen LogP contribution in [-0.4, -0.2) is 20.6 Å². The molecule has 2 heterocycles. The molecule has 140 valence electrons. The second-order valence-corrected chi connectivity index (χ2v) is 5.73. The van der Waals surface area contributed by atoms with Crippen LogP contribution in [0.3, 0.4) is 0 Å². The molecule has 9 heteroatoms. The summed E-state index contributed by atoms with van der Waals surface area (Å²) in [5.74, 6) is 0.699. The maximum absolute atomic E-state index is 12.7. The van der Waals surface area contributed by atoms with E-state index >= 15 is 0 Å². The van der Waals surface area contributed by atoms with Crippen LogP contribution in [0, 0.1) is 0 Å². The van der Waals surface area contributed by atoms with Crippen molar-refractivity contribution in [1.29, 1.82) is 0 Å². The Hall–Kier alpha value is -3.36. The molecule has 2 aromatic heterocycles. The third-order valence-electron chi connectivity index (χ3n) is 3.74. The monoisotopic (exact) mass is 375 g/mol. The highest BCUT2D eigenvalue weighted by Crippen LogP contribution is 2.29. The topological polar surface area (TPSA) is 71.8 Å². The average Bonchev–Trinajstić information content (AvgIpc) is 3.19. The summed E-state index contributed by atoms with van der Waals surface area (Å²) in [5.41, 5.74) is 0.408. The van der Waals surface area contributed by atoms with Crippen molar-refractivity contribution in [2.24, 2.45) is 0 Å². The summed E-state index contributed by atoms with van der Waals surface area (Å²) >= 11 is 0. The molecule has 0 aliphatic rings. The minimum Gasteiger partial charge on any atom is -0.334 e. The first-order valence-corrected chi connectivity index (χ1v) is 8.03. The Morgan fingerprint density at radius 3 is 2.48 bits per heavy atom. The zero-order chi connectivity index (χ0) is 19.3. The van der Waals surface area contributed by atoms with E-state index < -0.39 is 17.8 Å². The standard InChI is InChI=1S/C18H16F3N5O/c19-18(20,21)15-3-1-2-13(8-15)9-24-17(27)25-11-14-4-5-16(23-10-14)26-7-6-22-12-26/h1-8,10,12H,9,11H2,(H2,24,25,27). The van der Waals surface area contributed by atoms with Gasteiger partial charge in [0, 0.05) is 31.7 Å². The van der Waals surface area contributed by atoms with E-state index in [0.717, 1.165) is 17.7 Å². The first-order valence-electron chi connectivity index (χ1n) is 8.03. The van der Waals surface area contributed by atoms with Gasteiger partial charge in [0.05, 0.1) is 5.56 Å². The van der Waals surface area contributed by atoms with Crippen molar-refractivity contribution in [1.82, 2.24) is 25.2 Å². The van der Waals surface area contributed by atoms with Gasteiger partial charge in [0.2, 0.25) is 0 Å². The number of nitrogens with one attached hydrogen (secondary N) is 2. The van der Waals surface area contributed by atoms with Crippen LogP contribution >= 0.6 is 0 Å². The Bertz CT molecular complexity index is 892. The third-order valence-corrected chi connectivity index (χ3v) is 3.74. The number of urea groups is 1. The second-order valence-electron chi connectivity index (χ2n) is 5.73. The number of alkyl halides is 3. The molecular formula is C18H16F3N5O. The molecule has 0 saturated carbocycles. The van der Waals surface area contributed by atoms with E-state index in [1.165, 1.54) is 12.1 Å². The molecule has 27 heavy (non-hydrogen) atoms. The highest BCUT2D eigenvalue weighted by Gasteiger charge is 2.30. The average molecular weight is 375 g/mol. The van der Waals surface area contributed by atoms with Crippen LogP contribution < -0.4 is 10.6 Å².